The monoisotopic (exact) mass is 1110 g/mol. The number of nitrogens with one attached hydrogen (secondary N) is 3. The summed E-state index contributed by atoms with van der Waals surface area (Å²) in [7, 11) is 0. The van der Waals surface area contributed by atoms with Gasteiger partial charge in [0.1, 0.15) is 17.1 Å². The summed E-state index contributed by atoms with van der Waals surface area (Å²) in [6.45, 7) is 11.6. The summed E-state index contributed by atoms with van der Waals surface area (Å²) < 4.78 is 37.2. The predicted octanol–water partition coefficient (Wildman–Crippen LogP) is 8.49. The van der Waals surface area contributed by atoms with E-state index in [2.05, 4.69) is 16.0 Å². The molecule has 0 bridgehead atoms. The number of hydrogen-bond donors (Lipinski definition) is 4. The molecule has 0 spiro atoms. The van der Waals surface area contributed by atoms with Gasteiger partial charge in [-0.15, -0.1) is 12.4 Å². The number of rotatable bonds is 23. The summed E-state index contributed by atoms with van der Waals surface area (Å²) in [5.41, 5.74) is 3.89. The number of carbonyl (C=O) groups excluding carboxylic acids is 7. The highest BCUT2D eigenvalue weighted by Crippen LogP contribution is 2.46. The lowest BCUT2D eigenvalue weighted by Gasteiger charge is -2.24. The van der Waals surface area contributed by atoms with Gasteiger partial charge in [-0.1, -0.05) is 47.5 Å². The molecule has 0 aromatic heterocycles. The average Bonchev–Trinajstić information content (AvgIpc) is 4.31. The van der Waals surface area contributed by atoms with E-state index >= 15 is 0 Å². The predicted molar refractivity (Wildman–Crippen MR) is 285 cm³/mol. The van der Waals surface area contributed by atoms with E-state index in [1.54, 1.807) is 121 Å². The molecular formula is C55H67Cl3N4O14. The molecule has 2 fully saturated rings. The number of ether oxygens (including phenoxy) is 7. The Hall–Kier alpha value is -6.60. The van der Waals surface area contributed by atoms with Crippen molar-refractivity contribution in [3.8, 4) is 11.5 Å². The Bertz CT molecular complexity index is 2610. The lowest BCUT2D eigenvalue weighted by Crippen LogP contribution is -2.41. The maximum atomic E-state index is 12.6. The van der Waals surface area contributed by atoms with Crippen molar-refractivity contribution in [1.82, 2.24) is 16.0 Å². The number of alkyl carbamates (subject to hydrolysis) is 1. The van der Waals surface area contributed by atoms with Gasteiger partial charge < -0.3 is 54.8 Å². The SMILES string of the molecule is CC(C)(C)OC(=O)NCC1(C(=O)OCOC(=O)C(C)(C)Oc2ccc(CCNC(=O)c3ccc(Cl)cc3)cc2)CC1.CC(C)(Oc1ccc(CCNC(=O)c2ccc(Cl)cc2)cc1)C(=O)OCOC(=O)C1(CN)CC1.Cl. The summed E-state index contributed by atoms with van der Waals surface area (Å²) in [5, 5.41) is 9.46. The van der Waals surface area contributed by atoms with E-state index in [-0.39, 0.29) is 37.3 Å². The van der Waals surface area contributed by atoms with E-state index in [0.29, 0.717) is 84.3 Å². The first-order valence-electron chi connectivity index (χ1n) is 24.3. The molecule has 0 saturated heterocycles. The van der Waals surface area contributed by atoms with Crippen LogP contribution in [0.1, 0.15) is 106 Å². The third kappa shape index (κ3) is 19.5. The third-order valence-electron chi connectivity index (χ3n) is 11.9. The fourth-order valence-electron chi connectivity index (χ4n) is 6.90. The van der Waals surface area contributed by atoms with Crippen LogP contribution >= 0.6 is 35.6 Å². The molecule has 21 heteroatoms. The van der Waals surface area contributed by atoms with Gasteiger partial charge >= 0.3 is 30.0 Å². The number of halogens is 3. The van der Waals surface area contributed by atoms with E-state index in [9.17, 15) is 33.6 Å². The number of hydrogen-bond acceptors (Lipinski definition) is 15. The van der Waals surface area contributed by atoms with Crippen LogP contribution in [0.2, 0.25) is 10.0 Å². The minimum Gasteiger partial charge on any atom is -0.476 e. The largest absolute Gasteiger partial charge is 0.476 e. The van der Waals surface area contributed by atoms with E-state index in [0.717, 1.165) is 11.1 Å². The molecule has 76 heavy (non-hydrogen) atoms. The Balaban J connectivity index is 0.000000330. The van der Waals surface area contributed by atoms with Crippen molar-refractivity contribution in [3.05, 3.63) is 129 Å². The van der Waals surface area contributed by atoms with Crippen LogP contribution in [0, 0.1) is 10.8 Å². The van der Waals surface area contributed by atoms with Crippen LogP contribution in [-0.4, -0.2) is 98.4 Å². The zero-order chi connectivity index (χ0) is 55.0. The van der Waals surface area contributed by atoms with E-state index in [1.807, 2.05) is 24.3 Å². The molecule has 0 radical (unpaired) electrons. The number of benzene rings is 4. The molecule has 2 aliphatic rings. The van der Waals surface area contributed by atoms with Gasteiger partial charge in [0, 0.05) is 47.4 Å². The first-order valence-corrected chi connectivity index (χ1v) is 25.1. The molecule has 4 aromatic rings. The number of amides is 3. The van der Waals surface area contributed by atoms with Gasteiger partial charge in [0.2, 0.25) is 13.6 Å². The molecule has 0 unspecified atom stereocenters. The molecule has 18 nitrogen and oxygen atoms in total. The van der Waals surface area contributed by atoms with Crippen molar-refractivity contribution < 1.29 is 66.7 Å². The lowest BCUT2D eigenvalue weighted by molar-refractivity contribution is -0.181. The first kappa shape index (κ1) is 61.9. The van der Waals surface area contributed by atoms with E-state index in [4.69, 9.17) is 62.1 Å². The summed E-state index contributed by atoms with van der Waals surface area (Å²) in [6, 6.07) is 27.7. The molecule has 0 atom stereocenters. The second kappa shape index (κ2) is 27.4. The summed E-state index contributed by atoms with van der Waals surface area (Å²) in [5.74, 6) is -1.80. The Kier molecular flexibility index (Phi) is 22.4. The number of carbonyl (C=O) groups is 7. The zero-order valence-electron chi connectivity index (χ0n) is 43.7. The highest BCUT2D eigenvalue weighted by atomic mass is 35.5. The summed E-state index contributed by atoms with van der Waals surface area (Å²) in [6.07, 6.45) is 3.09. The smallest absolute Gasteiger partial charge is 0.407 e. The van der Waals surface area contributed by atoms with Crippen LogP contribution in [0.4, 0.5) is 4.79 Å². The van der Waals surface area contributed by atoms with Crippen LogP contribution in [0.25, 0.3) is 0 Å². The molecular weight excluding hydrogens is 1050 g/mol. The molecule has 4 aromatic carbocycles. The molecule has 6 rings (SSSR count). The number of nitrogens with two attached hydrogens (primary N) is 1. The minimum atomic E-state index is -1.35. The topological polar surface area (TPSA) is 246 Å². The van der Waals surface area contributed by atoms with Crippen molar-refractivity contribution in [2.45, 2.75) is 104 Å². The van der Waals surface area contributed by atoms with Gasteiger partial charge in [0.25, 0.3) is 11.8 Å². The molecule has 2 saturated carbocycles. The Morgan fingerprint density at radius 1 is 0.526 bits per heavy atom. The van der Waals surface area contributed by atoms with Crippen molar-refractivity contribution in [2.24, 2.45) is 16.6 Å². The average molecular weight is 1110 g/mol. The molecule has 412 valence electrons. The minimum absolute atomic E-state index is 0. The molecule has 5 N–H and O–H groups in total. The van der Waals surface area contributed by atoms with Crippen molar-refractivity contribution in [3.63, 3.8) is 0 Å². The second-order valence-electron chi connectivity index (χ2n) is 20.1. The lowest BCUT2D eigenvalue weighted by atomic mass is 10.1. The van der Waals surface area contributed by atoms with Crippen LogP contribution in [0.15, 0.2) is 97.1 Å². The third-order valence-corrected chi connectivity index (χ3v) is 12.4. The standard InChI is InChI=1S/C30H37ClN2O8.C25H29ClN2O6.ClH/c1-28(2,3)41-27(37)33-18-30(15-16-30)26(36)39-19-38-25(35)29(4,5)40-23-12-6-20(7-13-23)14-17-32-24(34)21-8-10-22(31)11-9-21;1-24(2,22(30)32-16-33-23(31)25(15-27)12-13-25)34-20-9-3-17(4-10-20)11-14-28-21(29)18-5-7-19(26)8-6-18;/h6-13H,14-19H2,1-5H3,(H,32,34)(H,33,37);3-10H,11-16,27H2,1-2H3,(H,28,29);1H. The van der Waals surface area contributed by atoms with Gasteiger partial charge in [-0.3, -0.25) is 19.2 Å². The highest BCUT2D eigenvalue weighted by molar-refractivity contribution is 6.31. The van der Waals surface area contributed by atoms with Gasteiger partial charge in [0.05, 0.1) is 10.8 Å². The Morgan fingerprint density at radius 2 is 0.895 bits per heavy atom. The maximum Gasteiger partial charge on any atom is 0.407 e. The fourth-order valence-corrected chi connectivity index (χ4v) is 7.15. The number of esters is 4. The van der Waals surface area contributed by atoms with Crippen LogP contribution in [0.5, 0.6) is 11.5 Å². The second-order valence-corrected chi connectivity index (χ2v) is 21.0. The molecule has 3 amide bonds. The van der Waals surface area contributed by atoms with E-state index < -0.39 is 71.2 Å². The molecule has 2 aliphatic carbocycles. The highest BCUT2D eigenvalue weighted by Gasteiger charge is 2.52. The first-order chi connectivity index (χ1) is 35.3. The van der Waals surface area contributed by atoms with Crippen LogP contribution in [0.3, 0.4) is 0 Å². The Morgan fingerprint density at radius 3 is 1.24 bits per heavy atom. The van der Waals surface area contributed by atoms with E-state index in [1.165, 1.54) is 0 Å². The van der Waals surface area contributed by atoms with Crippen molar-refractivity contribution in [1.29, 1.82) is 0 Å². The van der Waals surface area contributed by atoms with Gasteiger partial charge in [0.15, 0.2) is 11.2 Å². The van der Waals surface area contributed by atoms with Crippen LogP contribution in [-0.2, 0) is 55.7 Å². The normalized spacial score (nSPS) is 13.8. The fraction of sp³-hybridized carbons (Fsp3) is 0.436. The van der Waals surface area contributed by atoms with Gasteiger partial charge in [-0.25, -0.2) is 14.4 Å². The maximum absolute atomic E-state index is 12.6. The van der Waals surface area contributed by atoms with Crippen LogP contribution < -0.4 is 31.2 Å². The summed E-state index contributed by atoms with van der Waals surface area (Å²) in [4.78, 5) is 85.7. The molecule has 0 heterocycles. The van der Waals surface area contributed by atoms with Gasteiger partial charge in [-0.2, -0.15) is 0 Å². The molecule has 0 aliphatic heterocycles. The quantitative estimate of drug-likeness (QED) is 0.0309. The Labute approximate surface area is 459 Å². The van der Waals surface area contributed by atoms with Crippen molar-refractivity contribution in [2.75, 3.05) is 39.8 Å². The summed E-state index contributed by atoms with van der Waals surface area (Å²) >= 11 is 11.7. The van der Waals surface area contributed by atoms with Gasteiger partial charge in [-0.05, 0) is 171 Å². The zero-order valence-corrected chi connectivity index (χ0v) is 46.0. The van der Waals surface area contributed by atoms with Crippen molar-refractivity contribution >= 4 is 77.4 Å².